The Morgan fingerprint density at radius 1 is 1.35 bits per heavy atom. The summed E-state index contributed by atoms with van der Waals surface area (Å²) in [5.41, 5.74) is 2.69. The van der Waals surface area contributed by atoms with Crippen molar-refractivity contribution in [2.75, 3.05) is 6.54 Å². The maximum absolute atomic E-state index is 11.4. The van der Waals surface area contributed by atoms with Gasteiger partial charge in [-0.1, -0.05) is 29.8 Å². The number of hydrazine groups is 1. The lowest BCUT2D eigenvalue weighted by Crippen LogP contribution is -2.56. The van der Waals surface area contributed by atoms with Crippen LogP contribution in [-0.4, -0.2) is 37.9 Å². The zero-order valence-electron chi connectivity index (χ0n) is 13.2. The third-order valence-electron chi connectivity index (χ3n) is 4.46. The minimum absolute atomic E-state index is 0.303. The van der Waals surface area contributed by atoms with Gasteiger partial charge in [0.25, 0.3) is 0 Å². The first-order chi connectivity index (χ1) is 10.6. The summed E-state index contributed by atoms with van der Waals surface area (Å²) in [6.45, 7) is 4.27. The van der Waals surface area contributed by atoms with E-state index in [-0.39, 0.29) is 5.66 Å². The number of hydrogen-bond donors (Lipinski definition) is 3. The summed E-state index contributed by atoms with van der Waals surface area (Å²) in [4.78, 5) is -0.629. The van der Waals surface area contributed by atoms with Gasteiger partial charge >= 0.3 is 0 Å². The van der Waals surface area contributed by atoms with Gasteiger partial charge in [-0.25, -0.2) is 5.43 Å². The van der Waals surface area contributed by atoms with Gasteiger partial charge in [-0.3, -0.25) is 5.01 Å². The van der Waals surface area contributed by atoms with Crippen molar-refractivity contribution in [1.29, 1.82) is 0 Å². The lowest BCUT2D eigenvalue weighted by Gasteiger charge is -2.37. The number of nitrogens with one attached hydrogen (secondary N) is 2. The van der Waals surface area contributed by atoms with E-state index in [4.69, 9.17) is 35.4 Å². The molecule has 1 aliphatic heterocycles. The molecule has 3 N–H and O–H groups in total. The van der Waals surface area contributed by atoms with Crippen molar-refractivity contribution in [3.8, 4) is 0 Å². The summed E-state index contributed by atoms with van der Waals surface area (Å²) >= 11 is 18.3. The van der Waals surface area contributed by atoms with Crippen molar-refractivity contribution >= 4 is 40.5 Å². The Labute approximate surface area is 152 Å². The SMILES string of the molecule is CC1(C)NC(=S)N(CC(O)(Cc2ccccc2Cl)C2(Cl)CC2)N1. The number of thiocarbonyl (C=S) groups is 1. The van der Waals surface area contributed by atoms with Crippen LogP contribution in [0.15, 0.2) is 24.3 Å². The standard InChI is InChI=1S/C16H21Cl2N3OS/c1-14(2)19-13(23)21(20-14)10-16(22,15(18)7-8-15)9-11-5-3-4-6-12(11)17/h3-6,20,22H,7-10H2,1-2H3,(H,19,23). The Balaban J connectivity index is 1.84. The van der Waals surface area contributed by atoms with Gasteiger partial charge in [0.1, 0.15) is 11.3 Å². The molecule has 2 fully saturated rings. The molecule has 23 heavy (non-hydrogen) atoms. The van der Waals surface area contributed by atoms with Crippen LogP contribution < -0.4 is 10.7 Å². The second-order valence-corrected chi connectivity index (χ2v) is 8.54. The molecular weight excluding hydrogens is 353 g/mol. The number of alkyl halides is 1. The molecule has 4 nitrogen and oxygen atoms in total. The number of benzene rings is 1. The maximum atomic E-state index is 11.4. The van der Waals surface area contributed by atoms with Crippen LogP contribution in [0.2, 0.25) is 5.02 Å². The second-order valence-electron chi connectivity index (χ2n) is 7.02. The zero-order valence-corrected chi connectivity index (χ0v) is 15.5. The van der Waals surface area contributed by atoms with Crippen LogP contribution in [-0.2, 0) is 6.42 Å². The van der Waals surface area contributed by atoms with E-state index < -0.39 is 10.5 Å². The van der Waals surface area contributed by atoms with E-state index in [2.05, 4.69) is 10.7 Å². The average molecular weight is 374 g/mol. The maximum Gasteiger partial charge on any atom is 0.185 e. The molecule has 126 valence electrons. The predicted molar refractivity (Wildman–Crippen MR) is 97.6 cm³/mol. The molecule has 1 aromatic carbocycles. The summed E-state index contributed by atoms with van der Waals surface area (Å²) < 4.78 is 0. The summed E-state index contributed by atoms with van der Waals surface area (Å²) in [6.07, 6.45) is 1.96. The van der Waals surface area contributed by atoms with Crippen molar-refractivity contribution < 1.29 is 5.11 Å². The quantitative estimate of drug-likeness (QED) is 0.547. The van der Waals surface area contributed by atoms with Gasteiger partial charge < -0.3 is 10.4 Å². The first kappa shape index (κ1) is 17.2. The number of nitrogens with zero attached hydrogens (tertiary/aromatic N) is 1. The van der Waals surface area contributed by atoms with E-state index in [1.807, 2.05) is 38.1 Å². The van der Waals surface area contributed by atoms with E-state index in [1.54, 1.807) is 5.01 Å². The van der Waals surface area contributed by atoms with Gasteiger partial charge in [-0.2, -0.15) is 0 Å². The minimum Gasteiger partial charge on any atom is -0.386 e. The summed E-state index contributed by atoms with van der Waals surface area (Å²) in [5, 5.41) is 17.5. The Bertz CT molecular complexity index is 636. The molecule has 1 aliphatic carbocycles. The van der Waals surface area contributed by atoms with E-state index in [0.29, 0.717) is 23.1 Å². The Morgan fingerprint density at radius 3 is 2.52 bits per heavy atom. The molecular formula is C16H21Cl2N3OS. The number of halogens is 2. The van der Waals surface area contributed by atoms with E-state index in [0.717, 1.165) is 18.4 Å². The number of aliphatic hydroxyl groups is 1. The van der Waals surface area contributed by atoms with E-state index in [1.165, 1.54) is 0 Å². The molecule has 1 saturated carbocycles. The number of rotatable bonds is 5. The Kier molecular flexibility index (Phi) is 4.30. The number of β-amino-alcohol motifs (C(OH)–C–C–N with tert-alkyl or cyclic N) is 1. The summed E-state index contributed by atoms with van der Waals surface area (Å²) in [7, 11) is 0. The molecule has 0 bridgehead atoms. The smallest absolute Gasteiger partial charge is 0.185 e. The highest BCUT2D eigenvalue weighted by molar-refractivity contribution is 7.80. The molecule has 1 saturated heterocycles. The van der Waals surface area contributed by atoms with E-state index >= 15 is 0 Å². The molecule has 0 spiro atoms. The monoisotopic (exact) mass is 373 g/mol. The molecule has 0 radical (unpaired) electrons. The van der Waals surface area contributed by atoms with Gasteiger partial charge in [-0.05, 0) is 50.5 Å². The minimum atomic E-state index is -1.13. The van der Waals surface area contributed by atoms with Crippen LogP contribution in [0.1, 0.15) is 32.3 Å². The molecule has 3 rings (SSSR count). The van der Waals surface area contributed by atoms with Crippen LogP contribution in [0.3, 0.4) is 0 Å². The molecule has 1 heterocycles. The highest BCUT2D eigenvalue weighted by Gasteiger charge is 2.59. The topological polar surface area (TPSA) is 47.5 Å². The molecule has 1 aromatic rings. The lowest BCUT2D eigenvalue weighted by atomic mass is 9.88. The first-order valence-corrected chi connectivity index (χ1v) is 8.83. The molecule has 1 unspecified atom stereocenters. The highest BCUT2D eigenvalue weighted by atomic mass is 35.5. The van der Waals surface area contributed by atoms with Crippen molar-refractivity contribution in [2.24, 2.45) is 0 Å². The molecule has 0 aromatic heterocycles. The van der Waals surface area contributed by atoms with Crippen molar-refractivity contribution in [1.82, 2.24) is 15.8 Å². The normalized spacial score (nSPS) is 24.2. The van der Waals surface area contributed by atoms with Crippen LogP contribution in [0, 0.1) is 0 Å². The molecule has 7 heteroatoms. The third kappa shape index (κ3) is 3.44. The summed E-state index contributed by atoms with van der Waals surface area (Å²) in [5.74, 6) is 0. The van der Waals surface area contributed by atoms with Crippen LogP contribution in [0.5, 0.6) is 0 Å². The largest absolute Gasteiger partial charge is 0.386 e. The fourth-order valence-electron chi connectivity index (χ4n) is 3.01. The van der Waals surface area contributed by atoms with Crippen molar-refractivity contribution in [3.63, 3.8) is 0 Å². The fraction of sp³-hybridized carbons (Fsp3) is 0.562. The van der Waals surface area contributed by atoms with Gasteiger partial charge in [0.2, 0.25) is 0 Å². The Morgan fingerprint density at radius 2 is 2.00 bits per heavy atom. The molecule has 0 amide bonds. The van der Waals surface area contributed by atoms with Gasteiger partial charge in [0.05, 0.1) is 11.4 Å². The van der Waals surface area contributed by atoms with Crippen LogP contribution in [0.4, 0.5) is 0 Å². The highest BCUT2D eigenvalue weighted by Crippen LogP contribution is 2.52. The fourth-order valence-corrected chi connectivity index (χ4v) is 3.80. The Hall–Kier alpha value is -0.590. The average Bonchev–Trinajstić information content (AvgIpc) is 3.14. The van der Waals surface area contributed by atoms with Crippen LogP contribution >= 0.6 is 35.4 Å². The second kappa shape index (κ2) is 5.74. The first-order valence-electron chi connectivity index (χ1n) is 7.66. The van der Waals surface area contributed by atoms with Crippen LogP contribution in [0.25, 0.3) is 0 Å². The lowest BCUT2D eigenvalue weighted by molar-refractivity contribution is -0.00160. The zero-order chi connectivity index (χ0) is 16.9. The molecule has 2 aliphatic rings. The number of hydrogen-bond acceptors (Lipinski definition) is 3. The summed E-state index contributed by atoms with van der Waals surface area (Å²) in [6, 6.07) is 7.54. The van der Waals surface area contributed by atoms with Crippen molar-refractivity contribution in [2.45, 2.75) is 49.2 Å². The van der Waals surface area contributed by atoms with Gasteiger partial charge in [-0.15, -0.1) is 11.6 Å². The van der Waals surface area contributed by atoms with Crippen molar-refractivity contribution in [3.05, 3.63) is 34.9 Å². The third-order valence-corrected chi connectivity index (χ3v) is 5.88. The van der Waals surface area contributed by atoms with Gasteiger partial charge in [0.15, 0.2) is 5.11 Å². The van der Waals surface area contributed by atoms with Gasteiger partial charge in [0, 0.05) is 11.4 Å². The predicted octanol–water partition coefficient (Wildman–Crippen LogP) is 2.82. The van der Waals surface area contributed by atoms with E-state index in [9.17, 15) is 5.11 Å². The molecule has 1 atom stereocenters.